The van der Waals surface area contributed by atoms with Crippen molar-refractivity contribution in [2.75, 3.05) is 18.0 Å². The normalized spacial score (nSPS) is 20.0. The van der Waals surface area contributed by atoms with E-state index in [0.29, 0.717) is 16.8 Å². The maximum atomic E-state index is 10.9. The fraction of sp³-hybridized carbons (Fsp3) is 0.600. The van der Waals surface area contributed by atoms with Crippen LogP contribution in [-0.2, 0) is 0 Å². The van der Waals surface area contributed by atoms with E-state index in [0.717, 1.165) is 31.8 Å². The molecule has 0 spiro atoms. The second kappa shape index (κ2) is 6.44. The summed E-state index contributed by atoms with van der Waals surface area (Å²) < 4.78 is 0. The van der Waals surface area contributed by atoms with E-state index >= 15 is 0 Å². The number of carbonyl (C=O) groups is 1. The number of carboxylic acids is 1. The highest BCUT2D eigenvalue weighted by Crippen LogP contribution is 2.30. The van der Waals surface area contributed by atoms with Gasteiger partial charge in [0.15, 0.2) is 0 Å². The first kappa shape index (κ1) is 15.1. The molecule has 1 aromatic rings. The van der Waals surface area contributed by atoms with E-state index in [2.05, 4.69) is 23.7 Å². The lowest BCUT2D eigenvalue weighted by Crippen LogP contribution is -2.26. The third-order valence-electron chi connectivity index (χ3n) is 4.08. The number of aromatic nitrogens is 1. The van der Waals surface area contributed by atoms with Crippen molar-refractivity contribution in [1.82, 2.24) is 4.98 Å². The van der Waals surface area contributed by atoms with E-state index in [1.165, 1.54) is 18.7 Å². The molecule has 1 atom stereocenters. The summed E-state index contributed by atoms with van der Waals surface area (Å²) in [4.78, 5) is 17.3. The van der Waals surface area contributed by atoms with Crippen LogP contribution in [0.4, 0.5) is 5.82 Å². The molecule has 1 saturated heterocycles. The highest BCUT2D eigenvalue weighted by Gasteiger charge is 2.22. The average Bonchev–Trinajstić information content (AvgIpc) is 2.64. The number of anilines is 1. The number of nitrogens with zero attached hydrogens (tertiary/aromatic N) is 2. The predicted octanol–water partition coefficient (Wildman–Crippen LogP) is 3.70. The number of hydrogen-bond donors (Lipinski definition) is 1. The van der Waals surface area contributed by atoms with Gasteiger partial charge in [-0.2, -0.15) is 0 Å². The number of hydrogen-bond acceptors (Lipinski definition) is 3. The summed E-state index contributed by atoms with van der Waals surface area (Å²) in [5.74, 6) is 1.16. The van der Waals surface area contributed by atoms with Gasteiger partial charge in [-0.15, -0.1) is 0 Å². The minimum atomic E-state index is -0.998. The van der Waals surface area contributed by atoms with E-state index in [4.69, 9.17) is 16.7 Å². The molecule has 0 saturated carbocycles. The standard InChI is InChI=1S/C15H21ClN2O2/c1-10(2)11-4-3-6-18(7-5-11)14-13(16)8-12(9-17-14)15(19)20/h8-11H,3-7H2,1-2H3,(H,19,20). The maximum Gasteiger partial charge on any atom is 0.337 e. The molecule has 4 nitrogen and oxygen atoms in total. The zero-order chi connectivity index (χ0) is 14.7. The second-order valence-corrected chi connectivity index (χ2v) is 6.16. The molecular formula is C15H21ClN2O2. The number of halogens is 1. The van der Waals surface area contributed by atoms with Crippen LogP contribution in [0.1, 0.15) is 43.5 Å². The molecule has 2 rings (SSSR count). The molecule has 0 aromatic carbocycles. The molecule has 110 valence electrons. The van der Waals surface area contributed by atoms with Crippen LogP contribution in [0.2, 0.25) is 5.02 Å². The zero-order valence-electron chi connectivity index (χ0n) is 12.0. The number of pyridine rings is 1. The van der Waals surface area contributed by atoms with E-state index in [9.17, 15) is 4.79 Å². The Morgan fingerprint density at radius 3 is 2.80 bits per heavy atom. The van der Waals surface area contributed by atoms with Gasteiger partial charge in [-0.1, -0.05) is 25.4 Å². The van der Waals surface area contributed by atoms with Gasteiger partial charge in [-0.05, 0) is 37.2 Å². The smallest absolute Gasteiger partial charge is 0.337 e. The lowest BCUT2D eigenvalue weighted by atomic mass is 9.89. The maximum absolute atomic E-state index is 10.9. The van der Waals surface area contributed by atoms with Gasteiger partial charge in [0, 0.05) is 19.3 Å². The Kier molecular flexibility index (Phi) is 4.86. The summed E-state index contributed by atoms with van der Waals surface area (Å²) in [6.45, 7) is 6.41. The SMILES string of the molecule is CC(C)C1CCCN(c2ncc(C(=O)O)cc2Cl)CC1. The summed E-state index contributed by atoms with van der Waals surface area (Å²) in [5.41, 5.74) is 0.133. The highest BCUT2D eigenvalue weighted by atomic mass is 35.5. The molecule has 20 heavy (non-hydrogen) atoms. The molecule has 0 radical (unpaired) electrons. The summed E-state index contributed by atoms with van der Waals surface area (Å²) in [5, 5.41) is 9.36. The molecule has 1 N–H and O–H groups in total. The Labute approximate surface area is 124 Å². The molecule has 0 amide bonds. The predicted molar refractivity (Wildman–Crippen MR) is 80.6 cm³/mol. The van der Waals surface area contributed by atoms with Gasteiger partial charge in [-0.25, -0.2) is 9.78 Å². The van der Waals surface area contributed by atoms with Crippen molar-refractivity contribution in [2.45, 2.75) is 33.1 Å². The minimum absolute atomic E-state index is 0.133. The molecule has 1 aliphatic rings. The fourth-order valence-corrected chi connectivity index (χ4v) is 3.07. The lowest BCUT2D eigenvalue weighted by molar-refractivity contribution is 0.0696. The van der Waals surface area contributed by atoms with Crippen LogP contribution in [0.25, 0.3) is 0 Å². The van der Waals surface area contributed by atoms with Gasteiger partial charge < -0.3 is 10.0 Å². The summed E-state index contributed by atoms with van der Waals surface area (Å²) in [6, 6.07) is 1.48. The van der Waals surface area contributed by atoms with Gasteiger partial charge in [0.05, 0.1) is 10.6 Å². The fourth-order valence-electron chi connectivity index (χ4n) is 2.78. The molecule has 1 fully saturated rings. The first-order valence-corrected chi connectivity index (χ1v) is 7.50. The van der Waals surface area contributed by atoms with E-state index < -0.39 is 5.97 Å². The van der Waals surface area contributed by atoms with Crippen LogP contribution < -0.4 is 4.90 Å². The van der Waals surface area contributed by atoms with Crippen molar-refractivity contribution in [2.24, 2.45) is 11.8 Å². The van der Waals surface area contributed by atoms with E-state index in [1.807, 2.05) is 0 Å². The van der Waals surface area contributed by atoms with Gasteiger partial charge in [0.25, 0.3) is 0 Å². The Bertz CT molecular complexity index is 491. The molecule has 2 heterocycles. The molecule has 1 unspecified atom stereocenters. The quantitative estimate of drug-likeness (QED) is 0.924. The van der Waals surface area contributed by atoms with Crippen molar-refractivity contribution in [1.29, 1.82) is 0 Å². The van der Waals surface area contributed by atoms with Crippen LogP contribution >= 0.6 is 11.6 Å². The first-order chi connectivity index (χ1) is 9.49. The third kappa shape index (κ3) is 3.42. The topological polar surface area (TPSA) is 53.4 Å². The van der Waals surface area contributed by atoms with Gasteiger partial charge in [-0.3, -0.25) is 0 Å². The van der Waals surface area contributed by atoms with Crippen LogP contribution in [0.5, 0.6) is 0 Å². The monoisotopic (exact) mass is 296 g/mol. The van der Waals surface area contributed by atoms with Crippen molar-refractivity contribution in [3.05, 3.63) is 22.8 Å². The summed E-state index contributed by atoms with van der Waals surface area (Å²) in [6.07, 6.45) is 4.88. The zero-order valence-corrected chi connectivity index (χ0v) is 12.7. The lowest BCUT2D eigenvalue weighted by Gasteiger charge is -2.23. The van der Waals surface area contributed by atoms with Crippen LogP contribution in [-0.4, -0.2) is 29.1 Å². The highest BCUT2D eigenvalue weighted by molar-refractivity contribution is 6.33. The molecule has 1 aromatic heterocycles. The Morgan fingerprint density at radius 1 is 1.45 bits per heavy atom. The largest absolute Gasteiger partial charge is 0.478 e. The first-order valence-electron chi connectivity index (χ1n) is 7.13. The third-order valence-corrected chi connectivity index (χ3v) is 4.36. The van der Waals surface area contributed by atoms with Crippen molar-refractivity contribution in [3.63, 3.8) is 0 Å². The molecular weight excluding hydrogens is 276 g/mol. The molecule has 0 aliphatic carbocycles. The van der Waals surface area contributed by atoms with Crippen LogP contribution in [0, 0.1) is 11.8 Å². The molecule has 0 bridgehead atoms. The summed E-state index contributed by atoms with van der Waals surface area (Å²) >= 11 is 6.19. The van der Waals surface area contributed by atoms with Gasteiger partial charge >= 0.3 is 5.97 Å². The van der Waals surface area contributed by atoms with E-state index in [-0.39, 0.29) is 5.56 Å². The Morgan fingerprint density at radius 2 is 2.20 bits per heavy atom. The average molecular weight is 297 g/mol. The van der Waals surface area contributed by atoms with Gasteiger partial charge in [0.2, 0.25) is 0 Å². The van der Waals surface area contributed by atoms with Crippen LogP contribution in [0.15, 0.2) is 12.3 Å². The van der Waals surface area contributed by atoms with Crippen molar-refractivity contribution < 1.29 is 9.90 Å². The number of aromatic carboxylic acids is 1. The number of carboxylic acid groups (broad SMARTS) is 1. The van der Waals surface area contributed by atoms with Crippen molar-refractivity contribution in [3.8, 4) is 0 Å². The summed E-state index contributed by atoms with van der Waals surface area (Å²) in [7, 11) is 0. The van der Waals surface area contributed by atoms with E-state index in [1.54, 1.807) is 0 Å². The van der Waals surface area contributed by atoms with Crippen molar-refractivity contribution >= 4 is 23.4 Å². The molecule has 5 heteroatoms. The molecule has 1 aliphatic heterocycles. The minimum Gasteiger partial charge on any atom is -0.478 e. The second-order valence-electron chi connectivity index (χ2n) is 5.76. The Balaban J connectivity index is 2.13. The van der Waals surface area contributed by atoms with Crippen LogP contribution in [0.3, 0.4) is 0 Å². The Hall–Kier alpha value is -1.29. The van der Waals surface area contributed by atoms with Gasteiger partial charge in [0.1, 0.15) is 5.82 Å². The number of rotatable bonds is 3.